The van der Waals surface area contributed by atoms with Gasteiger partial charge in [0.1, 0.15) is 11.2 Å². The number of ether oxygens (including phenoxy) is 2. The van der Waals surface area contributed by atoms with Crippen LogP contribution in [-0.2, 0) is 35.4 Å². The summed E-state index contributed by atoms with van der Waals surface area (Å²) in [7, 11) is -21.3. The number of amides is 2. The third-order valence-electron chi connectivity index (χ3n) is 13.8. The fourth-order valence-electron chi connectivity index (χ4n) is 10.1. The first kappa shape index (κ1) is 80.9. The van der Waals surface area contributed by atoms with Crippen LogP contribution in [0, 0.1) is 27.7 Å². The molecule has 0 aliphatic heterocycles. The van der Waals surface area contributed by atoms with Gasteiger partial charge in [0.15, 0.2) is 35.9 Å². The molecular weight excluding hydrogens is 1150 g/mol. The maximum atomic E-state index is 13.7. The predicted molar refractivity (Wildman–Crippen MR) is 323 cm³/mol. The molecule has 0 saturated carbocycles. The average molecular weight is 1270 g/mol. The molecule has 0 spiro atoms. The molecule has 0 aliphatic carbocycles. The summed E-state index contributed by atoms with van der Waals surface area (Å²) in [5.41, 5.74) is 6.86. The third kappa shape index (κ3) is 54.3. The van der Waals surface area contributed by atoms with Gasteiger partial charge in [-0.05, 0) is 92.2 Å². The van der Waals surface area contributed by atoms with Crippen molar-refractivity contribution >= 4 is 27.8 Å². The first-order valence-corrected chi connectivity index (χ1v) is 35.5. The Balaban J connectivity index is 0.00000434. The number of hydrogen-bond acceptors (Lipinski definition) is 4. The van der Waals surface area contributed by atoms with Crippen LogP contribution in [0.5, 0.6) is 0 Å². The zero-order valence-corrected chi connectivity index (χ0v) is 55.4. The zero-order chi connectivity index (χ0) is 64.4. The van der Waals surface area contributed by atoms with Crippen LogP contribution < -0.4 is 9.13 Å². The number of nitrogens with zero attached hydrogens (tertiary/aromatic N) is 4. The number of rotatable bonds is 39. The Bertz CT molecular complexity index is 2000. The second kappa shape index (κ2) is 36.4. The second-order valence-corrected chi connectivity index (χ2v) is 29.0. The zero-order valence-electron chi connectivity index (χ0n) is 53.6. The van der Waals surface area contributed by atoms with Gasteiger partial charge in [-0.1, -0.05) is 155 Å². The molecule has 0 bridgehead atoms. The SMILES string of the molecule is CCCCCCCCCCCCCCc1cc(C)cc(C)[n+]1CCCN(CCCCN(CCC[n+]1c(C)cc(C)cc1CCCCCCCCCCCCCC)C(=O)OC(C)(C)C)C(=O)OC(C)(C)C.F[P-](F)(F)(F)(F)F.F[P-](F)(F)(F)(F)F. The Labute approximate surface area is 498 Å². The van der Waals surface area contributed by atoms with Crippen molar-refractivity contribution < 1.29 is 78.6 Å². The minimum atomic E-state index is -10.7. The molecule has 84 heavy (non-hydrogen) atoms. The number of aromatic nitrogens is 2. The monoisotopic (exact) mass is 1270 g/mol. The van der Waals surface area contributed by atoms with Crippen LogP contribution in [-0.4, -0.2) is 59.4 Å². The number of carbonyl (C=O) groups excluding carboxylic acids is 2. The summed E-state index contributed by atoms with van der Waals surface area (Å²) in [6.45, 7) is 29.2. The first-order chi connectivity index (χ1) is 38.3. The molecule has 2 aromatic rings. The van der Waals surface area contributed by atoms with Crippen molar-refractivity contribution in [2.75, 3.05) is 26.2 Å². The van der Waals surface area contributed by atoms with Gasteiger partial charge < -0.3 is 19.3 Å². The minimum absolute atomic E-state index is 0.261. The summed E-state index contributed by atoms with van der Waals surface area (Å²) in [4.78, 5) is 31.1. The molecule has 0 aromatic carbocycles. The standard InChI is InChI=1S/C62H112N4O4.2F6P/c1-13-15-17-19-21-23-25-27-29-31-33-35-41-57-51-53(3)49-55(5)65(57)47-39-45-63(59(67)69-61(7,8)9)43-37-38-44-64(60(68)70-62(10,11)12)46-40-48-66-56(6)50-54(4)52-58(66)42-36-34-32-30-28-26-24-22-20-18-16-14-2;2*1-7(2,3,4,5)6/h49-52H,13-48H2,1-12H3;;/q+2;2*-1. The molecule has 0 aliphatic rings. The molecule has 0 radical (unpaired) electrons. The summed E-state index contributed by atoms with van der Waals surface area (Å²) < 4.78 is 135. The van der Waals surface area contributed by atoms with E-state index < -0.39 is 26.8 Å². The predicted octanol–water partition coefficient (Wildman–Crippen LogP) is 23.5. The molecule has 2 heterocycles. The van der Waals surface area contributed by atoms with E-state index in [-0.39, 0.29) is 12.2 Å². The Morgan fingerprint density at radius 2 is 0.607 bits per heavy atom. The van der Waals surface area contributed by atoms with Gasteiger partial charge in [0, 0.05) is 90.0 Å². The molecule has 0 fully saturated rings. The van der Waals surface area contributed by atoms with E-state index in [0.29, 0.717) is 26.2 Å². The van der Waals surface area contributed by atoms with Gasteiger partial charge in [-0.25, -0.2) is 9.59 Å². The second-order valence-electron chi connectivity index (χ2n) is 25.2. The third-order valence-corrected chi connectivity index (χ3v) is 13.8. The molecule has 2 rings (SSSR count). The number of hydrogen-bond donors (Lipinski definition) is 0. The Hall–Kier alpha value is -3.14. The van der Waals surface area contributed by atoms with E-state index in [2.05, 4.69) is 74.9 Å². The fourth-order valence-corrected chi connectivity index (χ4v) is 10.1. The van der Waals surface area contributed by atoms with Crippen LogP contribution in [0.1, 0.15) is 269 Å². The Morgan fingerprint density at radius 1 is 0.381 bits per heavy atom. The van der Waals surface area contributed by atoms with Crippen LogP contribution in [0.25, 0.3) is 0 Å². The van der Waals surface area contributed by atoms with Crippen molar-refractivity contribution in [3.05, 3.63) is 58.2 Å². The Morgan fingerprint density at radius 3 is 0.845 bits per heavy atom. The van der Waals surface area contributed by atoms with E-state index >= 15 is 0 Å². The van der Waals surface area contributed by atoms with Gasteiger partial charge in [0.25, 0.3) is 0 Å². The Kier molecular flexibility index (Phi) is 35.0. The molecule has 2 amide bonds. The van der Waals surface area contributed by atoms with E-state index in [1.807, 2.05) is 51.3 Å². The first-order valence-electron chi connectivity index (χ1n) is 31.4. The van der Waals surface area contributed by atoms with Crippen LogP contribution >= 0.6 is 15.6 Å². The van der Waals surface area contributed by atoms with E-state index in [9.17, 15) is 60.0 Å². The molecule has 0 N–H and O–H groups in total. The van der Waals surface area contributed by atoms with Gasteiger partial charge in [-0.15, -0.1) is 0 Å². The number of unbranched alkanes of at least 4 members (excludes halogenated alkanes) is 23. The van der Waals surface area contributed by atoms with Crippen molar-refractivity contribution in [1.82, 2.24) is 9.80 Å². The fraction of sp³-hybridized carbons (Fsp3) is 0.806. The molecule has 0 saturated heterocycles. The average Bonchev–Trinajstić information content (AvgIpc) is 3.43. The summed E-state index contributed by atoms with van der Waals surface area (Å²) in [6, 6.07) is 9.31. The van der Waals surface area contributed by atoms with Crippen LogP contribution in [0.15, 0.2) is 24.3 Å². The molecule has 22 heteroatoms. The number of carbonyl (C=O) groups is 2. The van der Waals surface area contributed by atoms with Gasteiger partial charge in [0.05, 0.1) is 0 Å². The van der Waals surface area contributed by atoms with E-state index in [0.717, 1.165) is 51.6 Å². The molecule has 498 valence electrons. The van der Waals surface area contributed by atoms with Gasteiger partial charge >= 0.3 is 78.2 Å². The quantitative estimate of drug-likeness (QED) is 0.0290. The van der Waals surface area contributed by atoms with E-state index in [1.165, 1.54) is 188 Å². The van der Waals surface area contributed by atoms with Gasteiger partial charge in [-0.2, -0.15) is 9.13 Å². The van der Waals surface area contributed by atoms with E-state index in [1.54, 1.807) is 0 Å². The van der Waals surface area contributed by atoms with E-state index in [4.69, 9.17) is 9.47 Å². The van der Waals surface area contributed by atoms with Crippen molar-refractivity contribution in [3.63, 3.8) is 0 Å². The maximum absolute atomic E-state index is 13.7. The normalized spacial score (nSPS) is 13.8. The van der Waals surface area contributed by atoms with Crippen LogP contribution in [0.3, 0.4) is 0 Å². The number of aryl methyl sites for hydroxylation is 6. The topological polar surface area (TPSA) is 66.8 Å². The van der Waals surface area contributed by atoms with Crippen molar-refractivity contribution in [2.24, 2.45) is 0 Å². The van der Waals surface area contributed by atoms with Gasteiger partial charge in [-0.3, -0.25) is 0 Å². The summed E-state index contributed by atoms with van der Waals surface area (Å²) in [5, 5.41) is 0. The summed E-state index contributed by atoms with van der Waals surface area (Å²) >= 11 is 0. The summed E-state index contributed by atoms with van der Waals surface area (Å²) in [5.74, 6) is 0. The van der Waals surface area contributed by atoms with Crippen LogP contribution in [0.2, 0.25) is 0 Å². The summed E-state index contributed by atoms with van der Waals surface area (Å²) in [6.07, 6.45) is 37.5. The van der Waals surface area contributed by atoms with Crippen molar-refractivity contribution in [3.8, 4) is 0 Å². The van der Waals surface area contributed by atoms with Crippen molar-refractivity contribution in [1.29, 1.82) is 0 Å². The molecule has 0 unspecified atom stereocenters. The van der Waals surface area contributed by atoms with Crippen LogP contribution in [0.4, 0.5) is 60.0 Å². The number of halogens is 12. The van der Waals surface area contributed by atoms with Gasteiger partial charge in [0.2, 0.25) is 0 Å². The number of pyridine rings is 2. The molecule has 0 atom stereocenters. The molecule has 2 aromatic heterocycles. The van der Waals surface area contributed by atoms with Crippen molar-refractivity contribution in [2.45, 2.75) is 300 Å². The molecular formula is C62H112F12N4O4P2. The molecule has 8 nitrogen and oxygen atoms in total.